The molecule has 9 nitrogen and oxygen atoms in total. The summed E-state index contributed by atoms with van der Waals surface area (Å²) >= 11 is 6.52. The predicted octanol–water partition coefficient (Wildman–Crippen LogP) is 7.53. The molecule has 1 aliphatic heterocycles. The second-order valence-corrected chi connectivity index (χ2v) is 11.0. The first-order valence-corrected chi connectivity index (χ1v) is 13.7. The molecule has 1 saturated heterocycles. The van der Waals surface area contributed by atoms with Gasteiger partial charge in [-0.15, -0.1) is 18.3 Å². The highest BCUT2D eigenvalue weighted by molar-refractivity contribution is 8.17. The molecule has 1 fully saturated rings. The molecule has 2 heterocycles. The first-order chi connectivity index (χ1) is 21.1. The topological polar surface area (TPSA) is 102 Å². The molecular formula is C27H16ClF7N6O3S. The normalized spacial score (nSPS) is 16.4. The Labute approximate surface area is 257 Å². The number of aromatic nitrogens is 3. The smallest absolute Gasteiger partial charge is 0.406 e. The van der Waals surface area contributed by atoms with E-state index in [1.807, 2.05) is 0 Å². The summed E-state index contributed by atoms with van der Waals surface area (Å²) < 4.78 is 96.9. The van der Waals surface area contributed by atoms with E-state index in [2.05, 4.69) is 25.1 Å². The number of anilines is 2. The van der Waals surface area contributed by atoms with Gasteiger partial charge < -0.3 is 10.1 Å². The molecule has 0 radical (unpaired) electrons. The van der Waals surface area contributed by atoms with Crippen LogP contribution in [0, 0.1) is 12.7 Å². The third kappa shape index (κ3) is 7.20. The Bertz CT molecular complexity index is 1810. The number of hydrogen-bond donors (Lipinski definition) is 1. The van der Waals surface area contributed by atoms with Crippen molar-refractivity contribution in [1.29, 1.82) is 0 Å². The third-order valence-corrected chi connectivity index (χ3v) is 7.35. The summed E-state index contributed by atoms with van der Waals surface area (Å²) in [5, 5.41) is 5.89. The number of carbonyl (C=O) groups excluding carboxylic acids is 2. The van der Waals surface area contributed by atoms with Crippen molar-refractivity contribution in [2.45, 2.75) is 24.2 Å². The van der Waals surface area contributed by atoms with E-state index < -0.39 is 57.2 Å². The molecule has 3 aromatic carbocycles. The van der Waals surface area contributed by atoms with Crippen LogP contribution in [0.25, 0.3) is 17.1 Å². The van der Waals surface area contributed by atoms with Gasteiger partial charge in [0, 0.05) is 5.56 Å². The molecule has 0 bridgehead atoms. The van der Waals surface area contributed by atoms with Crippen LogP contribution in [0.5, 0.6) is 5.75 Å². The average molecular weight is 673 g/mol. The van der Waals surface area contributed by atoms with Crippen LogP contribution in [0.4, 0.5) is 46.9 Å². The molecule has 234 valence electrons. The zero-order valence-electron chi connectivity index (χ0n) is 22.3. The highest BCUT2D eigenvalue weighted by Crippen LogP contribution is 2.42. The lowest BCUT2D eigenvalue weighted by Crippen LogP contribution is -2.33. The maximum absolute atomic E-state index is 15.0. The molecule has 0 saturated carbocycles. The van der Waals surface area contributed by atoms with E-state index in [1.165, 1.54) is 42.2 Å². The summed E-state index contributed by atoms with van der Waals surface area (Å²) in [5.74, 6) is -2.31. The number of alkyl halides is 7. The van der Waals surface area contributed by atoms with Crippen LogP contribution in [-0.4, -0.2) is 42.9 Å². The van der Waals surface area contributed by atoms with Gasteiger partial charge >= 0.3 is 18.6 Å². The van der Waals surface area contributed by atoms with E-state index in [9.17, 15) is 40.3 Å². The van der Waals surface area contributed by atoms with Gasteiger partial charge in [0.1, 0.15) is 17.9 Å². The Morgan fingerprint density at radius 1 is 1.04 bits per heavy atom. The zero-order valence-corrected chi connectivity index (χ0v) is 23.9. The van der Waals surface area contributed by atoms with Crippen molar-refractivity contribution in [2.75, 3.05) is 10.2 Å². The Balaban J connectivity index is 1.34. The van der Waals surface area contributed by atoms with Crippen molar-refractivity contribution < 1.29 is 45.1 Å². The highest BCUT2D eigenvalue weighted by atomic mass is 35.5. The Hall–Kier alpha value is -4.64. The highest BCUT2D eigenvalue weighted by Gasteiger charge is 2.43. The summed E-state index contributed by atoms with van der Waals surface area (Å²) in [6, 6.07) is 10.2. The number of urea groups is 1. The lowest BCUT2D eigenvalue weighted by Gasteiger charge is -2.21. The number of amides is 3. The minimum absolute atomic E-state index is 0.0333. The van der Waals surface area contributed by atoms with Crippen LogP contribution in [0.1, 0.15) is 11.1 Å². The maximum atomic E-state index is 15.0. The largest absolute Gasteiger partial charge is 0.573 e. The molecule has 18 heteroatoms. The number of ether oxygens (including phenoxy) is 1. The summed E-state index contributed by atoms with van der Waals surface area (Å²) in [6.07, 6.45) is -8.44. The second kappa shape index (κ2) is 12.0. The van der Waals surface area contributed by atoms with Crippen molar-refractivity contribution in [3.8, 4) is 22.8 Å². The molecule has 4 aromatic rings. The van der Waals surface area contributed by atoms with Gasteiger partial charge in [0.25, 0.3) is 5.91 Å². The molecule has 1 aromatic heterocycles. The van der Waals surface area contributed by atoms with E-state index in [4.69, 9.17) is 11.6 Å². The molecule has 1 aliphatic rings. The number of carbonyl (C=O) groups is 2. The van der Waals surface area contributed by atoms with Crippen molar-refractivity contribution >= 4 is 51.8 Å². The lowest BCUT2D eigenvalue weighted by atomic mass is 10.1. The van der Waals surface area contributed by atoms with Crippen molar-refractivity contribution in [3.05, 3.63) is 83.9 Å². The Kier molecular flexibility index (Phi) is 8.50. The number of aryl methyl sites for hydroxylation is 1. The number of aliphatic imine (C=N–C) groups is 1. The van der Waals surface area contributed by atoms with Crippen LogP contribution >= 0.6 is 23.4 Å². The summed E-state index contributed by atoms with van der Waals surface area (Å²) in [5.41, 5.74) is -1.18. The van der Waals surface area contributed by atoms with Gasteiger partial charge in [0.05, 0.1) is 22.6 Å². The molecule has 1 atom stereocenters. The van der Waals surface area contributed by atoms with Crippen LogP contribution in [-0.2, 0) is 11.0 Å². The fourth-order valence-corrected chi connectivity index (χ4v) is 5.22. The van der Waals surface area contributed by atoms with Crippen LogP contribution in [0.2, 0.25) is 0 Å². The van der Waals surface area contributed by atoms with Crippen LogP contribution in [0.15, 0.2) is 72.0 Å². The summed E-state index contributed by atoms with van der Waals surface area (Å²) in [6.45, 7) is 1.51. The van der Waals surface area contributed by atoms with E-state index in [1.54, 1.807) is 0 Å². The number of rotatable bonds is 5. The van der Waals surface area contributed by atoms with Gasteiger partial charge in [-0.1, -0.05) is 29.4 Å². The molecule has 0 spiro atoms. The minimum Gasteiger partial charge on any atom is -0.406 e. The fraction of sp³-hybridized carbons (Fsp3) is 0.148. The molecule has 1 unspecified atom stereocenters. The number of nitrogens with one attached hydrogen (secondary N) is 1. The number of hydrogen-bond acceptors (Lipinski definition) is 6. The SMILES string of the molecule is Cc1ccc(C(F)(F)F)c(N2C(=O)C(Cl)S/C2=N\C(=O)Nc2ccc(-c3ncn(-c4ccc(OC(F)(F)F)cc4)n3)cc2F)c1. The number of halogens is 8. The van der Waals surface area contributed by atoms with Crippen LogP contribution < -0.4 is 15.0 Å². The van der Waals surface area contributed by atoms with E-state index >= 15 is 0 Å². The molecule has 3 amide bonds. The predicted molar refractivity (Wildman–Crippen MR) is 151 cm³/mol. The number of benzene rings is 3. The van der Waals surface area contributed by atoms with E-state index in [0.717, 1.165) is 36.4 Å². The van der Waals surface area contributed by atoms with Crippen LogP contribution in [0.3, 0.4) is 0 Å². The molecule has 45 heavy (non-hydrogen) atoms. The van der Waals surface area contributed by atoms with Crippen molar-refractivity contribution in [1.82, 2.24) is 14.8 Å². The minimum atomic E-state index is -4.85. The lowest BCUT2D eigenvalue weighted by molar-refractivity contribution is -0.274. The van der Waals surface area contributed by atoms with Gasteiger partial charge in [0.15, 0.2) is 15.7 Å². The van der Waals surface area contributed by atoms with Gasteiger partial charge in [-0.25, -0.2) is 18.9 Å². The molecule has 5 rings (SSSR count). The molecule has 1 N–H and O–H groups in total. The van der Waals surface area contributed by atoms with Crippen molar-refractivity contribution in [2.24, 2.45) is 4.99 Å². The summed E-state index contributed by atoms with van der Waals surface area (Å²) in [4.78, 5) is 33.7. The first kappa shape index (κ1) is 31.8. The summed E-state index contributed by atoms with van der Waals surface area (Å²) in [7, 11) is 0. The van der Waals surface area contributed by atoms with E-state index in [-0.39, 0.29) is 17.1 Å². The second-order valence-electron chi connectivity index (χ2n) is 9.20. The Morgan fingerprint density at radius 3 is 2.40 bits per heavy atom. The van der Waals surface area contributed by atoms with Crippen molar-refractivity contribution in [3.63, 3.8) is 0 Å². The van der Waals surface area contributed by atoms with E-state index in [0.29, 0.717) is 27.9 Å². The number of amidine groups is 1. The number of nitrogens with zero attached hydrogens (tertiary/aromatic N) is 5. The Morgan fingerprint density at radius 2 is 1.76 bits per heavy atom. The molecule has 0 aliphatic carbocycles. The monoisotopic (exact) mass is 672 g/mol. The average Bonchev–Trinajstić information content (AvgIpc) is 3.53. The maximum Gasteiger partial charge on any atom is 0.573 e. The molecular weight excluding hydrogens is 657 g/mol. The van der Waals surface area contributed by atoms with Gasteiger partial charge in [0.2, 0.25) is 0 Å². The quantitative estimate of drug-likeness (QED) is 0.174. The number of thioether (sulfide) groups is 1. The van der Waals surface area contributed by atoms with Gasteiger partial charge in [-0.05, 0) is 67.1 Å². The zero-order chi connectivity index (χ0) is 32.7. The fourth-order valence-electron chi connectivity index (χ4n) is 4.06. The standard InChI is InChI=1S/C27H16ClF7N6O3S/c1-13-2-8-17(26(30,31)32)20(10-13)41-23(42)21(28)45-25(41)38-24(43)37-19-9-3-14(11-18(19)29)22-36-12-40(39-22)15-4-6-16(7-5-15)44-27(33,34)35/h2-12,21H,1H3,(H,37,43)/b38-25-. The van der Waals surface area contributed by atoms with Gasteiger partial charge in [-0.2, -0.15) is 18.2 Å². The van der Waals surface area contributed by atoms with Gasteiger partial charge in [-0.3, -0.25) is 9.69 Å². The third-order valence-electron chi connectivity index (χ3n) is 6.01. The first-order valence-electron chi connectivity index (χ1n) is 12.4.